The Morgan fingerprint density at radius 1 is 1.39 bits per heavy atom. The normalized spacial score (nSPS) is 18.0. The topological polar surface area (TPSA) is 66.0 Å². The molecule has 6 heteroatoms. The lowest BCUT2D eigenvalue weighted by molar-refractivity contribution is -0.129. The minimum atomic E-state index is 0.218. The van der Waals surface area contributed by atoms with E-state index in [0.717, 1.165) is 36.8 Å². The molecule has 1 amide bonds. The van der Waals surface area contributed by atoms with Gasteiger partial charge in [0, 0.05) is 39.1 Å². The average molecular weight is 318 g/mol. The summed E-state index contributed by atoms with van der Waals surface area (Å²) in [6.45, 7) is 4.15. The monoisotopic (exact) mass is 318 g/mol. The first-order valence-corrected chi connectivity index (χ1v) is 8.04. The summed E-state index contributed by atoms with van der Waals surface area (Å²) in [5.74, 6) is 1.83. The third-order valence-electron chi connectivity index (χ3n) is 4.03. The summed E-state index contributed by atoms with van der Waals surface area (Å²) in [6.07, 6.45) is 1.52. The molecule has 2 N–H and O–H groups in total. The van der Waals surface area contributed by atoms with E-state index in [1.54, 1.807) is 14.2 Å². The van der Waals surface area contributed by atoms with Crippen LogP contribution in [0.4, 0.5) is 0 Å². The van der Waals surface area contributed by atoms with Crippen LogP contribution >= 0.6 is 0 Å². The lowest BCUT2D eigenvalue weighted by atomic mass is 10.2. The van der Waals surface area contributed by atoms with E-state index in [2.05, 4.69) is 15.6 Å². The average Bonchev–Trinajstić information content (AvgIpc) is 3.06. The van der Waals surface area contributed by atoms with Gasteiger partial charge in [-0.15, -0.1) is 0 Å². The van der Waals surface area contributed by atoms with Gasteiger partial charge in [0.05, 0.1) is 7.11 Å². The molecule has 0 aliphatic carbocycles. The van der Waals surface area contributed by atoms with Crippen LogP contribution in [-0.4, -0.2) is 50.1 Å². The quantitative estimate of drug-likeness (QED) is 0.636. The van der Waals surface area contributed by atoms with Gasteiger partial charge in [-0.1, -0.05) is 19.1 Å². The number of rotatable bonds is 5. The van der Waals surface area contributed by atoms with E-state index < -0.39 is 0 Å². The number of methoxy groups -OCH3 is 1. The molecule has 1 aromatic rings. The van der Waals surface area contributed by atoms with Gasteiger partial charge < -0.3 is 20.3 Å². The van der Waals surface area contributed by atoms with Crippen LogP contribution < -0.4 is 15.4 Å². The number of nitrogens with zero attached hydrogens (tertiary/aromatic N) is 2. The zero-order valence-electron chi connectivity index (χ0n) is 14.1. The fraction of sp³-hybridized carbons (Fsp3) is 0.529. The fourth-order valence-electron chi connectivity index (χ4n) is 2.65. The van der Waals surface area contributed by atoms with Crippen LogP contribution in [0.1, 0.15) is 25.3 Å². The van der Waals surface area contributed by atoms with E-state index >= 15 is 0 Å². The molecule has 126 valence electrons. The Bertz CT molecular complexity index is 542. The zero-order valence-corrected chi connectivity index (χ0v) is 14.1. The maximum absolute atomic E-state index is 11.7. The lowest BCUT2D eigenvalue weighted by Crippen LogP contribution is -2.44. The van der Waals surface area contributed by atoms with Gasteiger partial charge in [0.25, 0.3) is 0 Å². The molecule has 1 aliphatic heterocycles. The van der Waals surface area contributed by atoms with Crippen molar-refractivity contribution in [1.82, 2.24) is 15.5 Å². The van der Waals surface area contributed by atoms with Gasteiger partial charge in [-0.2, -0.15) is 0 Å². The van der Waals surface area contributed by atoms with Gasteiger partial charge in [-0.05, 0) is 24.1 Å². The van der Waals surface area contributed by atoms with Gasteiger partial charge in [0.2, 0.25) is 5.91 Å². The van der Waals surface area contributed by atoms with Crippen molar-refractivity contribution in [3.8, 4) is 5.75 Å². The molecule has 0 bridgehead atoms. The van der Waals surface area contributed by atoms with Crippen LogP contribution in [0.15, 0.2) is 29.3 Å². The molecule has 0 aromatic heterocycles. The van der Waals surface area contributed by atoms with Crippen molar-refractivity contribution in [1.29, 1.82) is 0 Å². The molecule has 6 nitrogen and oxygen atoms in total. The van der Waals surface area contributed by atoms with Gasteiger partial charge >= 0.3 is 0 Å². The molecule has 0 spiro atoms. The smallest absolute Gasteiger partial charge is 0.222 e. The summed E-state index contributed by atoms with van der Waals surface area (Å²) in [6, 6.07) is 8.19. The second-order valence-electron chi connectivity index (χ2n) is 5.60. The van der Waals surface area contributed by atoms with Crippen LogP contribution in [0, 0.1) is 0 Å². The molecule has 1 atom stereocenters. The molecule has 1 heterocycles. The largest absolute Gasteiger partial charge is 0.497 e. The van der Waals surface area contributed by atoms with Crippen molar-refractivity contribution in [3.63, 3.8) is 0 Å². The Morgan fingerprint density at radius 2 is 2.13 bits per heavy atom. The summed E-state index contributed by atoms with van der Waals surface area (Å²) in [5.41, 5.74) is 1.16. The van der Waals surface area contributed by atoms with Crippen LogP contribution in [0.3, 0.4) is 0 Å². The number of carbonyl (C=O) groups is 1. The molecule has 0 radical (unpaired) electrons. The Morgan fingerprint density at radius 3 is 2.74 bits per heavy atom. The SMILES string of the molecule is CCC(=O)N1CCC(NC(=NC)NCc2ccc(OC)cc2)C1. The minimum Gasteiger partial charge on any atom is -0.497 e. The van der Waals surface area contributed by atoms with Crippen LogP contribution in [-0.2, 0) is 11.3 Å². The number of likely N-dealkylation sites (tertiary alicyclic amines) is 1. The van der Waals surface area contributed by atoms with Crippen molar-refractivity contribution < 1.29 is 9.53 Å². The van der Waals surface area contributed by atoms with E-state index in [4.69, 9.17) is 4.74 Å². The van der Waals surface area contributed by atoms with E-state index in [1.807, 2.05) is 36.1 Å². The number of amides is 1. The third-order valence-corrected chi connectivity index (χ3v) is 4.03. The fourth-order valence-corrected chi connectivity index (χ4v) is 2.65. The molecule has 23 heavy (non-hydrogen) atoms. The van der Waals surface area contributed by atoms with Crippen molar-refractivity contribution in [2.45, 2.75) is 32.4 Å². The van der Waals surface area contributed by atoms with Gasteiger partial charge in [-0.25, -0.2) is 0 Å². The number of ether oxygens (including phenoxy) is 1. The van der Waals surface area contributed by atoms with Crippen molar-refractivity contribution in [3.05, 3.63) is 29.8 Å². The first-order valence-electron chi connectivity index (χ1n) is 8.04. The summed E-state index contributed by atoms with van der Waals surface area (Å²) in [7, 11) is 3.42. The second kappa shape index (κ2) is 8.41. The summed E-state index contributed by atoms with van der Waals surface area (Å²) >= 11 is 0. The van der Waals surface area contributed by atoms with E-state index in [1.165, 1.54) is 0 Å². The summed E-state index contributed by atoms with van der Waals surface area (Å²) < 4.78 is 5.15. The molecule has 1 aromatic carbocycles. The third kappa shape index (κ3) is 4.87. The number of nitrogens with one attached hydrogen (secondary N) is 2. The molecule has 1 fully saturated rings. The lowest BCUT2D eigenvalue weighted by Gasteiger charge is -2.18. The van der Waals surface area contributed by atoms with Gasteiger partial charge in [0.15, 0.2) is 5.96 Å². The first-order chi connectivity index (χ1) is 11.2. The maximum Gasteiger partial charge on any atom is 0.222 e. The number of hydrogen-bond acceptors (Lipinski definition) is 3. The molecular weight excluding hydrogens is 292 g/mol. The standard InChI is InChI=1S/C17H26N4O2/c1-4-16(22)21-10-9-14(12-21)20-17(18-2)19-11-13-5-7-15(23-3)8-6-13/h5-8,14H,4,9-12H2,1-3H3,(H2,18,19,20). The predicted octanol–water partition coefficient (Wildman–Crippen LogP) is 1.37. The van der Waals surface area contributed by atoms with Crippen LogP contribution in [0.25, 0.3) is 0 Å². The predicted molar refractivity (Wildman–Crippen MR) is 91.6 cm³/mol. The number of carbonyl (C=O) groups excluding carboxylic acids is 1. The maximum atomic E-state index is 11.7. The van der Waals surface area contributed by atoms with E-state index in [0.29, 0.717) is 13.0 Å². The zero-order chi connectivity index (χ0) is 16.7. The summed E-state index contributed by atoms with van der Waals surface area (Å²) in [5, 5.41) is 6.69. The van der Waals surface area contributed by atoms with E-state index in [-0.39, 0.29) is 11.9 Å². The van der Waals surface area contributed by atoms with Gasteiger partial charge in [-0.3, -0.25) is 9.79 Å². The van der Waals surface area contributed by atoms with Gasteiger partial charge in [0.1, 0.15) is 5.75 Å². The minimum absolute atomic E-state index is 0.218. The highest BCUT2D eigenvalue weighted by atomic mass is 16.5. The molecule has 2 rings (SSSR count). The van der Waals surface area contributed by atoms with Crippen molar-refractivity contribution in [2.75, 3.05) is 27.2 Å². The molecule has 1 saturated heterocycles. The Kier molecular flexibility index (Phi) is 6.26. The van der Waals surface area contributed by atoms with Crippen molar-refractivity contribution in [2.24, 2.45) is 4.99 Å². The first kappa shape index (κ1) is 17.1. The molecular formula is C17H26N4O2. The number of hydrogen-bond donors (Lipinski definition) is 2. The number of benzene rings is 1. The number of guanidine groups is 1. The molecule has 1 unspecified atom stereocenters. The Hall–Kier alpha value is -2.24. The second-order valence-corrected chi connectivity index (χ2v) is 5.60. The Labute approximate surface area is 137 Å². The van der Waals surface area contributed by atoms with Crippen LogP contribution in [0.5, 0.6) is 5.75 Å². The van der Waals surface area contributed by atoms with Crippen molar-refractivity contribution >= 4 is 11.9 Å². The highest BCUT2D eigenvalue weighted by Crippen LogP contribution is 2.12. The highest BCUT2D eigenvalue weighted by Gasteiger charge is 2.25. The summed E-state index contributed by atoms with van der Waals surface area (Å²) in [4.78, 5) is 17.9. The molecule has 0 saturated carbocycles. The van der Waals surface area contributed by atoms with E-state index in [9.17, 15) is 4.79 Å². The highest BCUT2D eigenvalue weighted by molar-refractivity contribution is 5.80. The van der Waals surface area contributed by atoms with Crippen LogP contribution in [0.2, 0.25) is 0 Å². The Balaban J connectivity index is 1.80. The number of aliphatic imine (C=N–C) groups is 1. The molecule has 1 aliphatic rings.